The number of hydrogen-bond acceptors (Lipinski definition) is 3. The van der Waals surface area contributed by atoms with Crippen molar-refractivity contribution in [2.75, 3.05) is 13.7 Å². The SMILES string of the molecule is COc1c(/C(C)=C/C(=O)NCCc2ccccc2)cc2c(-c3ccccc3)coc2c1C. The van der Waals surface area contributed by atoms with Crippen molar-refractivity contribution >= 4 is 22.4 Å². The molecule has 0 radical (unpaired) electrons. The summed E-state index contributed by atoms with van der Waals surface area (Å²) in [6.07, 6.45) is 4.21. The Labute approximate surface area is 188 Å². The second-order valence-electron chi connectivity index (χ2n) is 7.83. The fraction of sp³-hybridized carbons (Fsp3) is 0.179. The number of nitrogens with one attached hydrogen (secondary N) is 1. The van der Waals surface area contributed by atoms with Crippen LogP contribution in [0.25, 0.3) is 27.7 Å². The highest BCUT2D eigenvalue weighted by Gasteiger charge is 2.18. The molecule has 4 heteroatoms. The molecule has 4 nitrogen and oxygen atoms in total. The lowest BCUT2D eigenvalue weighted by Gasteiger charge is -2.13. The van der Waals surface area contributed by atoms with Crippen LogP contribution < -0.4 is 10.1 Å². The van der Waals surface area contributed by atoms with Gasteiger partial charge in [0.05, 0.1) is 13.4 Å². The Morgan fingerprint density at radius 2 is 1.75 bits per heavy atom. The second kappa shape index (κ2) is 9.56. The van der Waals surface area contributed by atoms with Gasteiger partial charge < -0.3 is 14.5 Å². The molecule has 0 bridgehead atoms. The maximum Gasteiger partial charge on any atom is 0.244 e. The summed E-state index contributed by atoms with van der Waals surface area (Å²) in [6.45, 7) is 4.50. The summed E-state index contributed by atoms with van der Waals surface area (Å²) in [5.74, 6) is 0.603. The first-order chi connectivity index (χ1) is 15.6. The average molecular weight is 426 g/mol. The Balaban J connectivity index is 1.62. The first kappa shape index (κ1) is 21.4. The Kier molecular flexibility index (Phi) is 6.41. The predicted octanol–water partition coefficient (Wildman–Crippen LogP) is 6.18. The van der Waals surface area contributed by atoms with Crippen LogP contribution in [0, 0.1) is 6.92 Å². The summed E-state index contributed by atoms with van der Waals surface area (Å²) in [5, 5.41) is 3.98. The first-order valence-electron chi connectivity index (χ1n) is 10.7. The zero-order chi connectivity index (χ0) is 22.5. The van der Waals surface area contributed by atoms with Crippen LogP contribution in [0.3, 0.4) is 0 Å². The standard InChI is InChI=1S/C28H27NO3/c1-19(16-26(30)29-15-14-21-10-6-4-7-11-21)23-17-24-25(22-12-8-5-9-13-22)18-32-28(24)20(2)27(23)31-3/h4-13,16-18H,14-15H2,1-3H3,(H,29,30)/b19-16+. The van der Waals surface area contributed by atoms with Gasteiger partial charge in [-0.2, -0.15) is 0 Å². The highest BCUT2D eigenvalue weighted by atomic mass is 16.5. The molecule has 162 valence electrons. The van der Waals surface area contributed by atoms with Crippen LogP contribution in [0.4, 0.5) is 0 Å². The summed E-state index contributed by atoms with van der Waals surface area (Å²) in [4.78, 5) is 12.6. The lowest BCUT2D eigenvalue weighted by molar-refractivity contribution is -0.116. The van der Waals surface area contributed by atoms with Gasteiger partial charge in [0, 0.05) is 34.7 Å². The van der Waals surface area contributed by atoms with Gasteiger partial charge in [-0.3, -0.25) is 4.79 Å². The van der Waals surface area contributed by atoms with E-state index < -0.39 is 0 Å². The number of amides is 1. The van der Waals surface area contributed by atoms with Crippen molar-refractivity contribution in [3.05, 3.63) is 95.8 Å². The molecule has 0 saturated heterocycles. The van der Waals surface area contributed by atoms with Crippen LogP contribution in [-0.2, 0) is 11.2 Å². The number of benzene rings is 3. The van der Waals surface area contributed by atoms with Crippen molar-refractivity contribution in [2.45, 2.75) is 20.3 Å². The highest BCUT2D eigenvalue weighted by Crippen LogP contribution is 2.40. The molecule has 4 rings (SSSR count). The van der Waals surface area contributed by atoms with E-state index in [-0.39, 0.29) is 5.91 Å². The number of allylic oxidation sites excluding steroid dienone is 1. The monoisotopic (exact) mass is 425 g/mol. The molecule has 4 aromatic rings. The van der Waals surface area contributed by atoms with Gasteiger partial charge in [0.25, 0.3) is 0 Å². The second-order valence-corrected chi connectivity index (χ2v) is 7.83. The quantitative estimate of drug-likeness (QED) is 0.360. The van der Waals surface area contributed by atoms with Gasteiger partial charge in [-0.05, 0) is 43.0 Å². The Bertz CT molecular complexity index is 1250. The number of furan rings is 1. The number of hydrogen-bond donors (Lipinski definition) is 1. The lowest BCUT2D eigenvalue weighted by atomic mass is 9.96. The summed E-state index contributed by atoms with van der Waals surface area (Å²) in [6, 6.07) is 22.3. The molecule has 0 saturated carbocycles. The van der Waals surface area contributed by atoms with Crippen LogP contribution in [0.5, 0.6) is 5.75 Å². The molecule has 0 spiro atoms. The molecule has 1 N–H and O–H groups in total. The maximum absolute atomic E-state index is 12.6. The predicted molar refractivity (Wildman–Crippen MR) is 130 cm³/mol. The van der Waals surface area contributed by atoms with E-state index in [2.05, 4.69) is 35.6 Å². The molecule has 3 aromatic carbocycles. The Hall–Kier alpha value is -3.79. The lowest BCUT2D eigenvalue weighted by Crippen LogP contribution is -2.23. The number of rotatable bonds is 7. The van der Waals surface area contributed by atoms with E-state index in [9.17, 15) is 4.79 Å². The molecule has 1 amide bonds. The molecule has 0 fully saturated rings. The largest absolute Gasteiger partial charge is 0.496 e. The summed E-state index contributed by atoms with van der Waals surface area (Å²) < 4.78 is 11.6. The van der Waals surface area contributed by atoms with E-state index in [1.54, 1.807) is 19.4 Å². The van der Waals surface area contributed by atoms with Crippen molar-refractivity contribution in [3.63, 3.8) is 0 Å². The summed E-state index contributed by atoms with van der Waals surface area (Å²) in [5.41, 5.74) is 6.74. The zero-order valence-electron chi connectivity index (χ0n) is 18.6. The van der Waals surface area contributed by atoms with Crippen molar-refractivity contribution in [3.8, 4) is 16.9 Å². The van der Waals surface area contributed by atoms with Gasteiger partial charge in [-0.1, -0.05) is 60.7 Å². The van der Waals surface area contributed by atoms with Crippen molar-refractivity contribution < 1.29 is 13.9 Å². The van der Waals surface area contributed by atoms with E-state index in [4.69, 9.17) is 9.15 Å². The van der Waals surface area contributed by atoms with Crippen LogP contribution >= 0.6 is 0 Å². The van der Waals surface area contributed by atoms with Gasteiger partial charge in [0.2, 0.25) is 5.91 Å². The van der Waals surface area contributed by atoms with Crippen molar-refractivity contribution in [1.82, 2.24) is 5.32 Å². The molecule has 32 heavy (non-hydrogen) atoms. The smallest absolute Gasteiger partial charge is 0.244 e. The number of ether oxygens (including phenoxy) is 1. The van der Waals surface area contributed by atoms with Crippen LogP contribution in [0.2, 0.25) is 0 Å². The normalized spacial score (nSPS) is 11.5. The van der Waals surface area contributed by atoms with Gasteiger partial charge in [0.15, 0.2) is 0 Å². The topological polar surface area (TPSA) is 51.5 Å². The molecule has 0 aliphatic heterocycles. The average Bonchev–Trinajstić information content (AvgIpc) is 3.24. The van der Waals surface area contributed by atoms with Gasteiger partial charge in [0.1, 0.15) is 11.3 Å². The third-order valence-electron chi connectivity index (χ3n) is 5.66. The molecule has 0 aliphatic carbocycles. The number of aryl methyl sites for hydroxylation is 1. The Morgan fingerprint density at radius 1 is 1.06 bits per heavy atom. The molecule has 0 unspecified atom stereocenters. The van der Waals surface area contributed by atoms with Gasteiger partial charge in [-0.25, -0.2) is 0 Å². The fourth-order valence-corrected chi connectivity index (χ4v) is 4.01. The number of carbonyl (C=O) groups excluding carboxylic acids is 1. The fourth-order valence-electron chi connectivity index (χ4n) is 4.01. The van der Waals surface area contributed by atoms with Crippen LogP contribution in [-0.4, -0.2) is 19.6 Å². The molecular formula is C28H27NO3. The Morgan fingerprint density at radius 3 is 2.44 bits per heavy atom. The van der Waals surface area contributed by atoms with Crippen LogP contribution in [0.1, 0.15) is 23.6 Å². The third-order valence-corrected chi connectivity index (χ3v) is 5.66. The molecule has 0 atom stereocenters. The number of carbonyl (C=O) groups is 1. The summed E-state index contributed by atoms with van der Waals surface area (Å²) in [7, 11) is 1.64. The minimum atomic E-state index is -0.117. The van der Waals surface area contributed by atoms with E-state index in [0.717, 1.165) is 51.0 Å². The van der Waals surface area contributed by atoms with Gasteiger partial charge >= 0.3 is 0 Å². The van der Waals surface area contributed by atoms with Gasteiger partial charge in [-0.15, -0.1) is 0 Å². The van der Waals surface area contributed by atoms with Crippen LogP contribution in [0.15, 0.2) is 83.5 Å². The molecule has 0 aliphatic rings. The van der Waals surface area contributed by atoms with Crippen molar-refractivity contribution in [1.29, 1.82) is 0 Å². The first-order valence-corrected chi connectivity index (χ1v) is 10.7. The van der Waals surface area contributed by atoms with E-state index >= 15 is 0 Å². The minimum absolute atomic E-state index is 0.117. The molecule has 1 heterocycles. The molecule has 1 aromatic heterocycles. The number of fused-ring (bicyclic) bond motifs is 1. The highest BCUT2D eigenvalue weighted by molar-refractivity contribution is 6.01. The molecular weight excluding hydrogens is 398 g/mol. The zero-order valence-corrected chi connectivity index (χ0v) is 18.6. The van der Waals surface area contributed by atoms with E-state index in [1.165, 1.54) is 5.56 Å². The van der Waals surface area contributed by atoms with Crippen molar-refractivity contribution in [2.24, 2.45) is 0 Å². The number of methoxy groups -OCH3 is 1. The maximum atomic E-state index is 12.6. The van der Waals surface area contributed by atoms with E-state index in [0.29, 0.717) is 6.54 Å². The summed E-state index contributed by atoms with van der Waals surface area (Å²) >= 11 is 0. The third kappa shape index (κ3) is 4.45. The van der Waals surface area contributed by atoms with E-state index in [1.807, 2.05) is 50.2 Å². The minimum Gasteiger partial charge on any atom is -0.496 e.